The number of carbonyl (C=O) groups excluding carboxylic acids is 1. The lowest BCUT2D eigenvalue weighted by molar-refractivity contribution is 0.0942. The van der Waals surface area contributed by atoms with E-state index in [9.17, 15) is 4.79 Å². The Morgan fingerprint density at radius 2 is 2.05 bits per heavy atom. The number of ether oxygens (including phenoxy) is 1. The molecule has 0 radical (unpaired) electrons. The number of likely N-dealkylation sites (N-methyl/N-ethyl adjacent to an activating group) is 1. The van der Waals surface area contributed by atoms with E-state index in [-0.39, 0.29) is 5.78 Å². The van der Waals surface area contributed by atoms with Crippen molar-refractivity contribution >= 4 is 17.1 Å². The summed E-state index contributed by atoms with van der Waals surface area (Å²) < 4.78 is 5.37. The van der Waals surface area contributed by atoms with Crippen LogP contribution in [0.2, 0.25) is 0 Å². The van der Waals surface area contributed by atoms with Gasteiger partial charge in [0.25, 0.3) is 0 Å². The third-order valence-corrected chi connectivity index (χ3v) is 3.82. The molecule has 0 saturated heterocycles. The predicted molar refractivity (Wildman–Crippen MR) is 85.1 cm³/mol. The van der Waals surface area contributed by atoms with Crippen molar-refractivity contribution in [1.29, 1.82) is 0 Å². The number of ketones is 1. The summed E-state index contributed by atoms with van der Waals surface area (Å²) in [4.78, 5) is 18.6. The second kappa shape index (κ2) is 7.33. The van der Waals surface area contributed by atoms with Crippen molar-refractivity contribution in [2.24, 2.45) is 0 Å². The predicted octanol–water partition coefficient (Wildman–Crippen LogP) is 3.16. The van der Waals surface area contributed by atoms with Crippen LogP contribution in [0.25, 0.3) is 0 Å². The molecule has 0 unspecified atom stereocenters. The summed E-state index contributed by atoms with van der Waals surface area (Å²) in [6, 6.07) is 7.30. The van der Waals surface area contributed by atoms with Crippen LogP contribution in [-0.2, 0) is 6.54 Å². The molecule has 0 fully saturated rings. The molecule has 5 heteroatoms. The fraction of sp³-hybridized carbons (Fsp3) is 0.375. The van der Waals surface area contributed by atoms with Gasteiger partial charge in [-0.2, -0.15) is 0 Å². The Kier molecular flexibility index (Phi) is 5.47. The maximum Gasteiger partial charge on any atom is 0.176 e. The maximum atomic E-state index is 12.2. The molecule has 0 N–H and O–H groups in total. The van der Waals surface area contributed by atoms with Crippen LogP contribution in [-0.4, -0.2) is 35.9 Å². The molecule has 0 aliphatic carbocycles. The number of nitrogens with zero attached hydrogens (tertiary/aromatic N) is 2. The lowest BCUT2D eigenvalue weighted by atomic mass is 10.1. The van der Waals surface area contributed by atoms with Gasteiger partial charge in [0.05, 0.1) is 23.9 Å². The maximum absolute atomic E-state index is 12.2. The Bertz CT molecular complexity index is 593. The molecule has 0 saturated carbocycles. The molecule has 2 aromatic rings. The van der Waals surface area contributed by atoms with Crippen LogP contribution in [0.1, 0.15) is 28.0 Å². The largest absolute Gasteiger partial charge is 0.494 e. The summed E-state index contributed by atoms with van der Waals surface area (Å²) >= 11 is 1.63. The van der Waals surface area contributed by atoms with E-state index in [1.807, 2.05) is 55.4 Å². The van der Waals surface area contributed by atoms with Gasteiger partial charge in [-0.05, 0) is 45.2 Å². The molecule has 21 heavy (non-hydrogen) atoms. The van der Waals surface area contributed by atoms with Crippen LogP contribution in [0.4, 0.5) is 0 Å². The lowest BCUT2D eigenvalue weighted by Gasteiger charge is -2.14. The van der Waals surface area contributed by atoms with Crippen molar-refractivity contribution in [2.45, 2.75) is 20.4 Å². The topological polar surface area (TPSA) is 42.4 Å². The fourth-order valence-corrected chi connectivity index (χ4v) is 2.66. The zero-order valence-corrected chi connectivity index (χ0v) is 13.4. The molecule has 0 spiro atoms. The number of rotatable bonds is 7. The first-order chi connectivity index (χ1) is 10.1. The van der Waals surface area contributed by atoms with Crippen molar-refractivity contribution in [3.63, 3.8) is 0 Å². The first kappa shape index (κ1) is 15.7. The highest BCUT2D eigenvalue weighted by molar-refractivity contribution is 7.09. The molecule has 1 aromatic heterocycles. The summed E-state index contributed by atoms with van der Waals surface area (Å²) in [5, 5.41) is 3.09. The highest BCUT2D eigenvalue weighted by atomic mass is 32.1. The van der Waals surface area contributed by atoms with E-state index in [2.05, 4.69) is 4.98 Å². The number of aryl methyl sites for hydroxylation is 1. The van der Waals surface area contributed by atoms with E-state index < -0.39 is 0 Å². The standard InChI is InChI=1S/C16H20N2O2S/c1-4-20-15-7-5-13(6-8-15)16(19)10-18(3)9-14-11-21-12(2)17-14/h5-8,11H,4,9-10H2,1-3H3. The van der Waals surface area contributed by atoms with Crippen molar-refractivity contribution in [3.05, 3.63) is 45.9 Å². The zero-order valence-electron chi connectivity index (χ0n) is 12.6. The summed E-state index contributed by atoms with van der Waals surface area (Å²) in [5.74, 6) is 0.896. The fourth-order valence-electron chi connectivity index (χ4n) is 2.05. The Morgan fingerprint density at radius 3 is 2.62 bits per heavy atom. The van der Waals surface area contributed by atoms with E-state index in [4.69, 9.17) is 4.74 Å². The van der Waals surface area contributed by atoms with Crippen LogP contribution in [0, 0.1) is 6.92 Å². The van der Waals surface area contributed by atoms with Crippen molar-refractivity contribution in [1.82, 2.24) is 9.88 Å². The van der Waals surface area contributed by atoms with Crippen LogP contribution in [0.3, 0.4) is 0 Å². The second-order valence-electron chi connectivity index (χ2n) is 4.91. The monoisotopic (exact) mass is 304 g/mol. The summed E-state index contributed by atoms with van der Waals surface area (Å²) in [7, 11) is 1.93. The molecule has 4 nitrogen and oxygen atoms in total. The Hall–Kier alpha value is -1.72. The van der Waals surface area contributed by atoms with Crippen LogP contribution >= 0.6 is 11.3 Å². The Morgan fingerprint density at radius 1 is 1.33 bits per heavy atom. The first-order valence-corrected chi connectivity index (χ1v) is 7.82. The normalized spacial score (nSPS) is 10.9. The van der Waals surface area contributed by atoms with Gasteiger partial charge in [0.2, 0.25) is 0 Å². The number of carbonyl (C=O) groups is 1. The third kappa shape index (κ3) is 4.65. The number of thiazole rings is 1. The molecule has 0 amide bonds. The summed E-state index contributed by atoms with van der Waals surface area (Å²) in [6.45, 7) is 5.62. The molecule has 112 valence electrons. The van der Waals surface area contributed by atoms with E-state index >= 15 is 0 Å². The minimum Gasteiger partial charge on any atom is -0.494 e. The van der Waals surface area contributed by atoms with Crippen molar-refractivity contribution < 1.29 is 9.53 Å². The van der Waals surface area contributed by atoms with E-state index in [1.54, 1.807) is 11.3 Å². The van der Waals surface area contributed by atoms with E-state index in [0.29, 0.717) is 25.3 Å². The number of aromatic nitrogens is 1. The SMILES string of the molecule is CCOc1ccc(C(=O)CN(C)Cc2csc(C)n2)cc1. The van der Waals surface area contributed by atoms with Gasteiger partial charge in [0.15, 0.2) is 5.78 Å². The minimum absolute atomic E-state index is 0.104. The number of hydrogen-bond acceptors (Lipinski definition) is 5. The molecule has 0 aliphatic heterocycles. The molecule has 0 atom stereocenters. The van der Waals surface area contributed by atoms with Gasteiger partial charge in [-0.25, -0.2) is 4.98 Å². The number of benzene rings is 1. The van der Waals surface area contributed by atoms with Crippen molar-refractivity contribution in [3.8, 4) is 5.75 Å². The van der Waals surface area contributed by atoms with Crippen LogP contribution < -0.4 is 4.74 Å². The summed E-state index contributed by atoms with van der Waals surface area (Å²) in [5.41, 5.74) is 1.72. The first-order valence-electron chi connectivity index (χ1n) is 6.94. The second-order valence-corrected chi connectivity index (χ2v) is 5.97. The molecule has 1 heterocycles. The highest BCUT2D eigenvalue weighted by Gasteiger charge is 2.11. The zero-order chi connectivity index (χ0) is 15.2. The Labute approximate surface area is 129 Å². The molecule has 1 aromatic carbocycles. The van der Waals surface area contributed by atoms with Gasteiger partial charge in [0.1, 0.15) is 5.75 Å². The molecule has 2 rings (SSSR count). The summed E-state index contributed by atoms with van der Waals surface area (Å²) in [6.07, 6.45) is 0. The molecular weight excluding hydrogens is 284 g/mol. The molecule has 0 bridgehead atoms. The van der Waals surface area contributed by atoms with Crippen LogP contribution in [0.5, 0.6) is 5.75 Å². The quantitative estimate of drug-likeness (QED) is 0.737. The number of Topliss-reactive ketones (excluding diaryl/α,β-unsaturated/α-hetero) is 1. The average Bonchev–Trinajstić information content (AvgIpc) is 2.85. The van der Waals surface area contributed by atoms with Gasteiger partial charge in [-0.3, -0.25) is 9.69 Å². The smallest absolute Gasteiger partial charge is 0.176 e. The van der Waals surface area contributed by atoms with Gasteiger partial charge < -0.3 is 4.74 Å². The van der Waals surface area contributed by atoms with Gasteiger partial charge >= 0.3 is 0 Å². The molecule has 0 aliphatic rings. The van der Waals surface area contributed by atoms with Crippen LogP contribution in [0.15, 0.2) is 29.6 Å². The Balaban J connectivity index is 1.90. The number of hydrogen-bond donors (Lipinski definition) is 0. The van der Waals surface area contributed by atoms with Crippen molar-refractivity contribution in [2.75, 3.05) is 20.2 Å². The highest BCUT2D eigenvalue weighted by Crippen LogP contribution is 2.14. The third-order valence-electron chi connectivity index (χ3n) is 3.00. The van der Waals surface area contributed by atoms with Gasteiger partial charge in [0, 0.05) is 17.5 Å². The van der Waals surface area contributed by atoms with E-state index in [0.717, 1.165) is 16.5 Å². The lowest BCUT2D eigenvalue weighted by Crippen LogP contribution is -2.25. The van der Waals surface area contributed by atoms with Gasteiger partial charge in [-0.15, -0.1) is 11.3 Å². The van der Waals surface area contributed by atoms with Gasteiger partial charge in [-0.1, -0.05) is 0 Å². The molecular formula is C16H20N2O2S. The average molecular weight is 304 g/mol. The minimum atomic E-state index is 0.104. The van der Waals surface area contributed by atoms with E-state index in [1.165, 1.54) is 0 Å².